The average molecular weight is 288 g/mol. The molecule has 5 unspecified atom stereocenters. The molecule has 116 valence electrons. The molecule has 21 heavy (non-hydrogen) atoms. The lowest BCUT2D eigenvalue weighted by Gasteiger charge is -2.16. The molecule has 2 aliphatic carbocycles. The maximum absolute atomic E-state index is 5.48. The van der Waals surface area contributed by atoms with Gasteiger partial charge in [-0.2, -0.15) is 0 Å². The molecule has 3 rings (SSSR count). The van der Waals surface area contributed by atoms with Crippen LogP contribution in [-0.4, -0.2) is 19.3 Å². The van der Waals surface area contributed by atoms with Gasteiger partial charge in [-0.1, -0.05) is 38.2 Å². The molecule has 0 aromatic carbocycles. The van der Waals surface area contributed by atoms with Crippen LogP contribution in [0.2, 0.25) is 0 Å². The lowest BCUT2D eigenvalue weighted by Crippen LogP contribution is -2.09. The highest BCUT2D eigenvalue weighted by Gasteiger charge is 2.42. The van der Waals surface area contributed by atoms with Crippen molar-refractivity contribution in [1.82, 2.24) is 0 Å². The Hall–Kier alpha value is -1.02. The van der Waals surface area contributed by atoms with E-state index < -0.39 is 0 Å². The summed E-state index contributed by atoms with van der Waals surface area (Å²) in [5, 5.41) is 0. The summed E-state index contributed by atoms with van der Waals surface area (Å²) in [6.45, 7) is 7.81. The minimum atomic E-state index is 0.300. The van der Waals surface area contributed by atoms with Crippen LogP contribution >= 0.6 is 0 Å². The largest absolute Gasteiger partial charge is 0.491 e. The van der Waals surface area contributed by atoms with Crippen LogP contribution in [0.4, 0.5) is 0 Å². The van der Waals surface area contributed by atoms with E-state index in [4.69, 9.17) is 9.47 Å². The molecule has 2 nitrogen and oxygen atoms in total. The Balaban J connectivity index is 1.37. The Morgan fingerprint density at radius 3 is 2.90 bits per heavy atom. The van der Waals surface area contributed by atoms with E-state index in [2.05, 4.69) is 25.7 Å². The molecule has 3 fully saturated rings. The van der Waals surface area contributed by atoms with E-state index in [-0.39, 0.29) is 0 Å². The molecule has 1 aliphatic heterocycles. The highest BCUT2D eigenvalue weighted by Crippen LogP contribution is 2.51. The van der Waals surface area contributed by atoms with Crippen molar-refractivity contribution >= 4 is 0 Å². The van der Waals surface area contributed by atoms with Gasteiger partial charge in [0.15, 0.2) is 0 Å². The van der Waals surface area contributed by atoms with Crippen molar-refractivity contribution in [3.05, 3.63) is 36.6 Å². The van der Waals surface area contributed by atoms with Crippen molar-refractivity contribution in [2.75, 3.05) is 13.2 Å². The zero-order valence-corrected chi connectivity index (χ0v) is 13.2. The average Bonchev–Trinajstić information content (AvgIpc) is 3.08. The number of ether oxygens (including phenoxy) is 2. The van der Waals surface area contributed by atoms with Gasteiger partial charge in [0.05, 0.1) is 6.61 Å². The third kappa shape index (κ3) is 4.00. The summed E-state index contributed by atoms with van der Waals surface area (Å²) in [5.74, 6) is 4.62. The van der Waals surface area contributed by atoms with Gasteiger partial charge in [0.2, 0.25) is 0 Å². The number of hydrogen-bond donors (Lipinski definition) is 0. The van der Waals surface area contributed by atoms with Gasteiger partial charge in [-0.05, 0) is 55.4 Å². The van der Waals surface area contributed by atoms with Gasteiger partial charge in [0.25, 0.3) is 0 Å². The first-order valence-electron chi connectivity index (χ1n) is 8.50. The lowest BCUT2D eigenvalue weighted by atomic mass is 9.89. The Labute approximate surface area is 128 Å². The molecule has 0 spiro atoms. The van der Waals surface area contributed by atoms with Crippen molar-refractivity contribution in [3.63, 3.8) is 0 Å². The van der Waals surface area contributed by atoms with Crippen LogP contribution in [0.15, 0.2) is 36.6 Å². The maximum Gasteiger partial charge on any atom is 0.117 e. The normalized spacial score (nSPS) is 38.2. The molecule has 1 saturated heterocycles. The Morgan fingerprint density at radius 2 is 2.10 bits per heavy atom. The molecule has 1 heterocycles. The van der Waals surface area contributed by atoms with Gasteiger partial charge in [-0.25, -0.2) is 0 Å². The number of hydrogen-bond acceptors (Lipinski definition) is 2. The molecular formula is C19H28O2. The van der Waals surface area contributed by atoms with Crippen molar-refractivity contribution in [2.24, 2.45) is 23.7 Å². The first-order chi connectivity index (χ1) is 10.2. The highest BCUT2D eigenvalue weighted by atomic mass is 16.6. The SMILES string of the molecule is C=C(/C=C\C=C/CC1CC(C)C2CCCC12)OCC1CO1. The summed E-state index contributed by atoms with van der Waals surface area (Å²) in [4.78, 5) is 0. The van der Waals surface area contributed by atoms with E-state index in [1.54, 1.807) is 0 Å². The molecule has 5 atom stereocenters. The van der Waals surface area contributed by atoms with E-state index in [9.17, 15) is 0 Å². The standard InChI is InChI=1S/C19H28O2/c1-14-11-16(19-10-6-9-18(14)19)8-5-3-4-7-15(2)20-12-17-13-21-17/h3-5,7,14,16-19H,2,6,8-13H2,1H3/b5-3-,7-4-. The molecule has 0 aromatic heterocycles. The molecular weight excluding hydrogens is 260 g/mol. The summed E-state index contributed by atoms with van der Waals surface area (Å²) in [6, 6.07) is 0. The predicted octanol–water partition coefficient (Wildman–Crippen LogP) is 4.49. The highest BCUT2D eigenvalue weighted by molar-refractivity contribution is 5.14. The minimum Gasteiger partial charge on any atom is -0.491 e. The van der Waals surface area contributed by atoms with Crippen molar-refractivity contribution in [1.29, 1.82) is 0 Å². The topological polar surface area (TPSA) is 21.8 Å². The number of allylic oxidation sites excluding steroid dienone is 4. The fourth-order valence-corrected chi connectivity index (χ4v) is 4.31. The summed E-state index contributed by atoms with van der Waals surface area (Å²) in [6.07, 6.45) is 15.8. The van der Waals surface area contributed by atoms with Gasteiger partial charge < -0.3 is 9.47 Å². The third-order valence-corrected chi connectivity index (χ3v) is 5.46. The van der Waals surface area contributed by atoms with Gasteiger partial charge in [-0.15, -0.1) is 0 Å². The summed E-state index contributed by atoms with van der Waals surface area (Å²) in [5.41, 5.74) is 0. The van der Waals surface area contributed by atoms with Crippen LogP contribution in [0.25, 0.3) is 0 Å². The Kier molecular flexibility index (Phi) is 4.84. The second-order valence-electron chi connectivity index (χ2n) is 6.99. The number of epoxide rings is 1. The summed E-state index contributed by atoms with van der Waals surface area (Å²) >= 11 is 0. The molecule has 0 radical (unpaired) electrons. The van der Waals surface area contributed by atoms with Crippen LogP contribution in [0.1, 0.15) is 39.0 Å². The minimum absolute atomic E-state index is 0.300. The van der Waals surface area contributed by atoms with Crippen molar-refractivity contribution in [3.8, 4) is 0 Å². The fraction of sp³-hybridized carbons (Fsp3) is 0.684. The van der Waals surface area contributed by atoms with Gasteiger partial charge in [0.1, 0.15) is 18.5 Å². The fourth-order valence-electron chi connectivity index (χ4n) is 4.31. The Bertz CT molecular complexity index is 419. The number of fused-ring (bicyclic) bond motifs is 1. The second-order valence-corrected chi connectivity index (χ2v) is 6.99. The van der Waals surface area contributed by atoms with Crippen LogP contribution in [0, 0.1) is 23.7 Å². The van der Waals surface area contributed by atoms with E-state index in [1.165, 1.54) is 32.1 Å². The lowest BCUT2D eigenvalue weighted by molar-refractivity contribution is 0.194. The van der Waals surface area contributed by atoms with Crippen LogP contribution in [-0.2, 0) is 9.47 Å². The van der Waals surface area contributed by atoms with Crippen molar-refractivity contribution < 1.29 is 9.47 Å². The molecule has 0 amide bonds. The first kappa shape index (κ1) is 14.9. The summed E-state index contributed by atoms with van der Waals surface area (Å²) in [7, 11) is 0. The van der Waals surface area contributed by atoms with Gasteiger partial charge in [-0.3, -0.25) is 0 Å². The Morgan fingerprint density at radius 1 is 1.29 bits per heavy atom. The van der Waals surface area contributed by atoms with E-state index in [0.717, 1.165) is 36.0 Å². The molecule has 3 aliphatic rings. The zero-order chi connectivity index (χ0) is 14.7. The van der Waals surface area contributed by atoms with Crippen molar-refractivity contribution in [2.45, 2.75) is 45.1 Å². The summed E-state index contributed by atoms with van der Waals surface area (Å²) < 4.78 is 10.6. The monoisotopic (exact) mass is 288 g/mol. The van der Waals surface area contributed by atoms with Crippen LogP contribution in [0.3, 0.4) is 0 Å². The molecule has 2 saturated carbocycles. The number of rotatable bonds is 7. The van der Waals surface area contributed by atoms with E-state index in [0.29, 0.717) is 12.7 Å². The van der Waals surface area contributed by atoms with Crippen LogP contribution in [0.5, 0.6) is 0 Å². The quantitative estimate of drug-likeness (QED) is 0.391. The molecule has 0 bridgehead atoms. The maximum atomic E-state index is 5.48. The first-order valence-corrected chi connectivity index (χ1v) is 8.50. The van der Waals surface area contributed by atoms with Gasteiger partial charge in [0, 0.05) is 0 Å². The molecule has 2 heteroatoms. The predicted molar refractivity (Wildman–Crippen MR) is 85.8 cm³/mol. The van der Waals surface area contributed by atoms with Gasteiger partial charge >= 0.3 is 0 Å². The van der Waals surface area contributed by atoms with Crippen LogP contribution < -0.4 is 0 Å². The molecule has 0 N–H and O–H groups in total. The third-order valence-electron chi connectivity index (χ3n) is 5.46. The zero-order valence-electron chi connectivity index (χ0n) is 13.2. The second kappa shape index (κ2) is 6.83. The smallest absolute Gasteiger partial charge is 0.117 e. The molecule has 0 aromatic rings. The van der Waals surface area contributed by atoms with E-state index in [1.807, 2.05) is 12.2 Å². The van der Waals surface area contributed by atoms with E-state index >= 15 is 0 Å².